The van der Waals surface area contributed by atoms with Crippen LogP contribution in [0.2, 0.25) is 0 Å². The third-order valence-corrected chi connectivity index (χ3v) is 16.9. The molecule has 0 aliphatic rings. The Labute approximate surface area is 519 Å². The van der Waals surface area contributed by atoms with Crippen molar-refractivity contribution in [1.29, 1.82) is 0 Å². The van der Waals surface area contributed by atoms with E-state index in [1.54, 1.807) is 12.4 Å². The van der Waals surface area contributed by atoms with Gasteiger partial charge in [0.25, 0.3) is 0 Å². The Hall–Kier alpha value is -12.3. The van der Waals surface area contributed by atoms with Gasteiger partial charge in [0.2, 0.25) is 0 Å². The summed E-state index contributed by atoms with van der Waals surface area (Å²) in [5.41, 5.74) is 23.8. The summed E-state index contributed by atoms with van der Waals surface area (Å²) >= 11 is 0. The molecule has 0 N–H and O–H groups in total. The Balaban J connectivity index is 0.000000145. The van der Waals surface area contributed by atoms with E-state index in [0.717, 1.165) is 144 Å². The van der Waals surface area contributed by atoms with E-state index in [4.69, 9.17) is 15.0 Å². The molecule has 8 heterocycles. The molecule has 8 heteroatoms. The molecule has 0 fully saturated rings. The van der Waals surface area contributed by atoms with Crippen LogP contribution >= 0.6 is 0 Å². The van der Waals surface area contributed by atoms with Crippen LogP contribution in [0.3, 0.4) is 0 Å². The van der Waals surface area contributed by atoms with Crippen molar-refractivity contribution in [2.24, 2.45) is 0 Å². The van der Waals surface area contributed by atoms with Crippen LogP contribution in [0, 0.1) is 0 Å². The zero-order valence-corrected chi connectivity index (χ0v) is 48.6. The van der Waals surface area contributed by atoms with Crippen molar-refractivity contribution in [3.8, 4) is 100 Å². The molecule has 0 aliphatic heterocycles. The van der Waals surface area contributed by atoms with E-state index < -0.39 is 0 Å². The van der Waals surface area contributed by atoms with Crippen LogP contribution in [-0.4, -0.2) is 39.9 Å². The molecule has 90 heavy (non-hydrogen) atoms. The van der Waals surface area contributed by atoms with Crippen molar-refractivity contribution in [3.63, 3.8) is 0 Å². The lowest BCUT2D eigenvalue weighted by molar-refractivity contribution is 1.32. The molecule has 0 amide bonds. The number of nitrogens with zero attached hydrogens (tertiary/aromatic N) is 8. The minimum Gasteiger partial charge on any atom is -0.264 e. The molecule has 17 aromatic rings. The maximum Gasteiger partial charge on any atom is 0.0978 e. The molecule has 0 radical (unpaired) electrons. The zero-order chi connectivity index (χ0) is 59.7. The van der Waals surface area contributed by atoms with Gasteiger partial charge in [-0.1, -0.05) is 140 Å². The highest BCUT2D eigenvalue weighted by molar-refractivity contribution is 6.11. The van der Waals surface area contributed by atoms with Gasteiger partial charge in [-0.2, -0.15) is 0 Å². The second kappa shape index (κ2) is 23.2. The summed E-state index contributed by atoms with van der Waals surface area (Å²) in [5.74, 6) is 0. The van der Waals surface area contributed by atoms with Crippen LogP contribution in [-0.2, 0) is 0 Å². The summed E-state index contributed by atoms with van der Waals surface area (Å²) in [6.45, 7) is 0. The first kappa shape index (κ1) is 53.2. The van der Waals surface area contributed by atoms with Gasteiger partial charge < -0.3 is 0 Å². The van der Waals surface area contributed by atoms with E-state index in [0.29, 0.717) is 0 Å². The fourth-order valence-electron chi connectivity index (χ4n) is 12.4. The molecule has 8 aromatic heterocycles. The fourth-order valence-corrected chi connectivity index (χ4v) is 12.4. The van der Waals surface area contributed by atoms with E-state index >= 15 is 0 Å². The fraction of sp³-hybridized carbons (Fsp3) is 0. The quantitative estimate of drug-likeness (QED) is 0.132. The summed E-state index contributed by atoms with van der Waals surface area (Å²) in [4.78, 5) is 36.7. The van der Waals surface area contributed by atoms with Crippen LogP contribution in [0.5, 0.6) is 0 Å². The average molecular weight is 1150 g/mol. The molecular formula is C82H52N8. The average Bonchev–Trinajstić information content (AvgIpc) is 0.872. The molecule has 8 nitrogen and oxygen atoms in total. The number of aromatic nitrogens is 8. The molecule has 0 spiro atoms. The molecule has 420 valence electrons. The Morgan fingerprint density at radius 1 is 0.189 bits per heavy atom. The van der Waals surface area contributed by atoms with Gasteiger partial charge in [0.15, 0.2) is 0 Å². The Morgan fingerprint density at radius 2 is 0.556 bits per heavy atom. The van der Waals surface area contributed by atoms with Crippen molar-refractivity contribution in [2.75, 3.05) is 0 Å². The molecule has 17 rings (SSSR count). The first-order valence-corrected chi connectivity index (χ1v) is 29.9. The highest BCUT2D eigenvalue weighted by Crippen LogP contribution is 2.40. The molecular weight excluding hydrogens is 1100 g/mol. The number of pyridine rings is 8. The highest BCUT2D eigenvalue weighted by Gasteiger charge is 2.17. The van der Waals surface area contributed by atoms with Gasteiger partial charge in [0.1, 0.15) is 0 Å². The maximum absolute atomic E-state index is 5.15. The van der Waals surface area contributed by atoms with Crippen molar-refractivity contribution < 1.29 is 0 Å². The molecule has 0 saturated carbocycles. The number of rotatable bonds is 9. The van der Waals surface area contributed by atoms with Crippen LogP contribution in [0.1, 0.15) is 0 Å². The van der Waals surface area contributed by atoms with Crippen LogP contribution in [0.4, 0.5) is 0 Å². The van der Waals surface area contributed by atoms with Crippen molar-refractivity contribution in [2.45, 2.75) is 0 Å². The van der Waals surface area contributed by atoms with Crippen molar-refractivity contribution in [3.05, 3.63) is 317 Å². The summed E-state index contributed by atoms with van der Waals surface area (Å²) in [6, 6.07) is 88.0. The summed E-state index contributed by atoms with van der Waals surface area (Å²) < 4.78 is 0. The SMILES string of the molecule is c1ccc(-c2cc(-c3ccc4cc(-c5cc(-c6cccnc6)cc(-c6cccnc6)c5)ccc4c3)c3ccc4cccnc4c3n2)cc1.c1cncc(-c2cc(-c3cccnc3)cc(-c3ccc4cc(-c5ccnc6c5ccc5cccnc56)ccc4c3)c2)c1. The molecule has 0 atom stereocenters. The first-order valence-electron chi connectivity index (χ1n) is 29.9. The van der Waals surface area contributed by atoms with Gasteiger partial charge in [-0.25, -0.2) is 4.98 Å². The Bertz CT molecular complexity index is 5420. The zero-order valence-electron chi connectivity index (χ0n) is 48.6. The minimum atomic E-state index is 0.915. The van der Waals surface area contributed by atoms with Crippen LogP contribution in [0.25, 0.3) is 165 Å². The van der Waals surface area contributed by atoms with Gasteiger partial charge in [0, 0.05) is 118 Å². The number of hydrogen-bond acceptors (Lipinski definition) is 8. The van der Waals surface area contributed by atoms with Gasteiger partial charge >= 0.3 is 0 Å². The van der Waals surface area contributed by atoms with Gasteiger partial charge in [0.05, 0.1) is 27.8 Å². The Kier molecular flexibility index (Phi) is 13.7. The molecule has 0 aliphatic carbocycles. The third-order valence-electron chi connectivity index (χ3n) is 16.9. The molecule has 0 unspecified atom stereocenters. The summed E-state index contributed by atoms with van der Waals surface area (Å²) in [7, 11) is 0. The molecule has 9 aromatic carbocycles. The predicted octanol–water partition coefficient (Wildman–Crippen LogP) is 20.5. The standard InChI is InChI=1S/C44H28N4.C38H24N4/c1-2-7-29(8-3-1)42-26-41(40-17-16-30-9-6-20-47-43(30)44(40)48-42)34-15-14-31-21-33(13-12-32(31)22-34)37-23-38(35-10-4-18-45-27-35)25-39(24-37)36-11-5-19-46-28-36;1-5-30(23-39-14-1)33-20-32(21-34(22-33)31-6-2-15-40-24-31)28-8-7-27-19-29(10-9-26(27)18-28)35-13-17-42-38-36(35)12-11-25-4-3-16-41-37(25)38/h1-28H;1-24H. The monoisotopic (exact) mass is 1150 g/mol. The normalized spacial score (nSPS) is 11.3. The molecule has 0 saturated heterocycles. The topological polar surface area (TPSA) is 103 Å². The largest absolute Gasteiger partial charge is 0.264 e. The van der Waals surface area contributed by atoms with Crippen molar-refractivity contribution in [1.82, 2.24) is 39.9 Å². The molecule has 0 bridgehead atoms. The van der Waals surface area contributed by atoms with Gasteiger partial charge in [-0.15, -0.1) is 0 Å². The summed E-state index contributed by atoms with van der Waals surface area (Å²) in [5, 5.41) is 9.12. The van der Waals surface area contributed by atoms with E-state index in [9.17, 15) is 0 Å². The second-order valence-corrected chi connectivity index (χ2v) is 22.5. The van der Waals surface area contributed by atoms with E-state index in [1.807, 2.05) is 98.2 Å². The Morgan fingerprint density at radius 3 is 1.01 bits per heavy atom. The van der Waals surface area contributed by atoms with E-state index in [2.05, 4.69) is 231 Å². The van der Waals surface area contributed by atoms with Crippen LogP contribution < -0.4 is 0 Å². The highest BCUT2D eigenvalue weighted by atomic mass is 14.8. The maximum atomic E-state index is 5.15. The number of fused-ring (bicyclic) bond motifs is 8. The second-order valence-electron chi connectivity index (χ2n) is 22.5. The predicted molar refractivity (Wildman–Crippen MR) is 369 cm³/mol. The lowest BCUT2D eigenvalue weighted by atomic mass is 9.92. The third kappa shape index (κ3) is 10.4. The van der Waals surface area contributed by atoms with Crippen molar-refractivity contribution >= 4 is 65.2 Å². The van der Waals surface area contributed by atoms with E-state index in [-0.39, 0.29) is 0 Å². The van der Waals surface area contributed by atoms with Gasteiger partial charge in [-0.05, 0) is 198 Å². The number of hydrogen-bond donors (Lipinski definition) is 0. The first-order chi connectivity index (χ1) is 44.6. The lowest BCUT2D eigenvalue weighted by Gasteiger charge is -2.14. The smallest absolute Gasteiger partial charge is 0.0978 e. The minimum absolute atomic E-state index is 0.915. The van der Waals surface area contributed by atoms with E-state index in [1.165, 1.54) is 21.5 Å². The summed E-state index contributed by atoms with van der Waals surface area (Å²) in [6.07, 6.45) is 20.4. The lowest BCUT2D eigenvalue weighted by Crippen LogP contribution is -1.92. The van der Waals surface area contributed by atoms with Gasteiger partial charge in [-0.3, -0.25) is 34.9 Å². The van der Waals surface area contributed by atoms with Crippen LogP contribution in [0.15, 0.2) is 317 Å². The number of benzene rings is 9.